The topological polar surface area (TPSA) is 68.0 Å². The highest BCUT2D eigenvalue weighted by atomic mass is 79.9. The number of aromatic nitrogens is 1. The predicted molar refractivity (Wildman–Crippen MR) is 82.2 cm³/mol. The molecule has 0 aliphatic rings. The number of carbonyl (C=O) groups excluding carboxylic acids is 1. The summed E-state index contributed by atoms with van der Waals surface area (Å²) in [6, 6.07) is 11.2. The number of nitrogens with zero attached hydrogens (tertiary/aromatic N) is 1. The Morgan fingerprint density at radius 2 is 2.20 bits per heavy atom. The van der Waals surface area contributed by atoms with Crippen LogP contribution in [-0.2, 0) is 6.54 Å². The number of pyridine rings is 1. The summed E-state index contributed by atoms with van der Waals surface area (Å²) in [4.78, 5) is 16.3. The fourth-order valence-electron chi connectivity index (χ4n) is 1.87. The van der Waals surface area contributed by atoms with Gasteiger partial charge in [0.1, 0.15) is 0 Å². The number of hydrogen-bond donors (Lipinski definition) is 2. The Hall–Kier alpha value is -1.72. The Morgan fingerprint density at radius 3 is 2.90 bits per heavy atom. The average Bonchev–Trinajstić information content (AvgIpc) is 2.47. The lowest BCUT2D eigenvalue weighted by atomic mass is 10.1. The second kappa shape index (κ2) is 6.63. The van der Waals surface area contributed by atoms with Gasteiger partial charge < -0.3 is 11.1 Å². The molecule has 2 aromatic rings. The summed E-state index contributed by atoms with van der Waals surface area (Å²) in [6.45, 7) is 2.27. The van der Waals surface area contributed by atoms with E-state index in [1.54, 1.807) is 18.3 Å². The first kappa shape index (κ1) is 14.7. The van der Waals surface area contributed by atoms with Gasteiger partial charge in [-0.3, -0.25) is 9.78 Å². The minimum Gasteiger partial charge on any atom is -0.346 e. The van der Waals surface area contributed by atoms with Gasteiger partial charge in [-0.1, -0.05) is 28.1 Å². The lowest BCUT2D eigenvalue weighted by Crippen LogP contribution is -2.26. The van der Waals surface area contributed by atoms with Crippen molar-refractivity contribution in [2.24, 2.45) is 5.73 Å². The van der Waals surface area contributed by atoms with Gasteiger partial charge in [0.25, 0.3) is 5.91 Å². The fourth-order valence-corrected chi connectivity index (χ4v) is 2.29. The Kier molecular flexibility index (Phi) is 4.87. The maximum atomic E-state index is 12.2. The van der Waals surface area contributed by atoms with Crippen molar-refractivity contribution < 1.29 is 4.79 Å². The zero-order valence-corrected chi connectivity index (χ0v) is 12.7. The van der Waals surface area contributed by atoms with Gasteiger partial charge in [-0.15, -0.1) is 0 Å². The number of hydrogen-bond acceptors (Lipinski definition) is 3. The van der Waals surface area contributed by atoms with Crippen molar-refractivity contribution in [3.63, 3.8) is 0 Å². The van der Waals surface area contributed by atoms with Crippen molar-refractivity contribution in [1.82, 2.24) is 10.3 Å². The quantitative estimate of drug-likeness (QED) is 0.903. The van der Waals surface area contributed by atoms with Gasteiger partial charge in [-0.25, -0.2) is 0 Å². The van der Waals surface area contributed by atoms with E-state index in [1.165, 1.54) is 0 Å². The normalized spacial score (nSPS) is 11.9. The number of rotatable bonds is 4. The minimum atomic E-state index is -0.130. The number of nitrogens with two attached hydrogens (primary N) is 1. The molecule has 4 nitrogen and oxygen atoms in total. The molecule has 0 aliphatic carbocycles. The molecule has 0 bridgehead atoms. The first-order valence-electron chi connectivity index (χ1n) is 6.31. The maximum Gasteiger partial charge on any atom is 0.251 e. The van der Waals surface area contributed by atoms with E-state index in [-0.39, 0.29) is 11.9 Å². The fraction of sp³-hybridized carbons (Fsp3) is 0.200. The molecule has 104 valence electrons. The van der Waals surface area contributed by atoms with E-state index in [4.69, 9.17) is 5.73 Å². The molecule has 0 aliphatic heterocycles. The van der Waals surface area contributed by atoms with Crippen molar-refractivity contribution in [2.75, 3.05) is 0 Å². The zero-order valence-electron chi connectivity index (χ0n) is 11.1. The molecule has 0 saturated heterocycles. The molecule has 0 saturated carbocycles. The van der Waals surface area contributed by atoms with Crippen LogP contribution in [0.5, 0.6) is 0 Å². The van der Waals surface area contributed by atoms with Crippen molar-refractivity contribution >= 4 is 21.8 Å². The van der Waals surface area contributed by atoms with Gasteiger partial charge in [0.2, 0.25) is 0 Å². The molecular formula is C15H16BrN3O. The van der Waals surface area contributed by atoms with Crippen molar-refractivity contribution in [2.45, 2.75) is 19.5 Å². The average molecular weight is 334 g/mol. The van der Waals surface area contributed by atoms with Crippen molar-refractivity contribution in [1.29, 1.82) is 0 Å². The molecule has 1 amide bonds. The van der Waals surface area contributed by atoms with E-state index in [9.17, 15) is 4.79 Å². The molecule has 1 aromatic heterocycles. The molecule has 0 radical (unpaired) electrons. The number of benzene rings is 1. The number of carbonyl (C=O) groups is 1. The second-order valence-electron chi connectivity index (χ2n) is 4.49. The summed E-state index contributed by atoms with van der Waals surface area (Å²) in [5.74, 6) is -0.130. The van der Waals surface area contributed by atoms with Gasteiger partial charge >= 0.3 is 0 Å². The summed E-state index contributed by atoms with van der Waals surface area (Å²) in [7, 11) is 0. The molecule has 5 heteroatoms. The molecule has 1 atom stereocenters. The summed E-state index contributed by atoms with van der Waals surface area (Å²) in [6.07, 6.45) is 1.60. The van der Waals surface area contributed by atoms with Crippen LogP contribution < -0.4 is 11.1 Å². The third kappa shape index (κ3) is 3.65. The van der Waals surface area contributed by atoms with Crippen LogP contribution in [-0.4, -0.2) is 10.9 Å². The van der Waals surface area contributed by atoms with Crippen LogP contribution in [0.3, 0.4) is 0 Å². The van der Waals surface area contributed by atoms with Crippen LogP contribution >= 0.6 is 15.9 Å². The first-order chi connectivity index (χ1) is 9.60. The molecule has 3 N–H and O–H groups in total. The molecule has 0 fully saturated rings. The van der Waals surface area contributed by atoms with Crippen molar-refractivity contribution in [3.8, 4) is 0 Å². The number of amides is 1. The van der Waals surface area contributed by atoms with Crippen LogP contribution in [0.15, 0.2) is 47.1 Å². The van der Waals surface area contributed by atoms with E-state index in [0.29, 0.717) is 17.8 Å². The highest BCUT2D eigenvalue weighted by Gasteiger charge is 2.12. The van der Waals surface area contributed by atoms with E-state index in [2.05, 4.69) is 26.2 Å². The molecule has 0 spiro atoms. The maximum absolute atomic E-state index is 12.2. The molecule has 1 unspecified atom stereocenters. The van der Waals surface area contributed by atoms with E-state index in [1.807, 2.05) is 31.2 Å². The first-order valence-corrected chi connectivity index (χ1v) is 7.11. The predicted octanol–water partition coefficient (Wildman–Crippen LogP) is 2.79. The molecule has 20 heavy (non-hydrogen) atoms. The van der Waals surface area contributed by atoms with Gasteiger partial charge in [0.15, 0.2) is 0 Å². The number of halogens is 1. The third-order valence-corrected chi connectivity index (χ3v) is 3.48. The van der Waals surface area contributed by atoms with Gasteiger partial charge in [-0.05, 0) is 36.8 Å². The van der Waals surface area contributed by atoms with E-state index in [0.717, 1.165) is 10.0 Å². The lowest BCUT2D eigenvalue weighted by molar-refractivity contribution is 0.0939. The molecule has 1 heterocycles. The Balaban J connectivity index is 2.10. The summed E-state index contributed by atoms with van der Waals surface area (Å²) >= 11 is 3.43. The molecule has 2 rings (SSSR count). The second-order valence-corrected chi connectivity index (χ2v) is 5.41. The molecular weight excluding hydrogens is 318 g/mol. The van der Waals surface area contributed by atoms with Crippen molar-refractivity contribution in [3.05, 3.63) is 63.9 Å². The van der Waals surface area contributed by atoms with E-state index < -0.39 is 0 Å². The van der Waals surface area contributed by atoms with Gasteiger partial charge in [0, 0.05) is 22.8 Å². The number of nitrogens with one attached hydrogen (secondary N) is 1. The molecule has 1 aromatic carbocycles. The van der Waals surface area contributed by atoms with Gasteiger partial charge in [-0.2, -0.15) is 0 Å². The Bertz CT molecular complexity index is 616. The SMILES string of the molecule is CC(NC(=O)c1ccnc(CN)c1)c1cccc(Br)c1. The van der Waals surface area contributed by atoms with Crippen LogP contribution in [0.25, 0.3) is 0 Å². The van der Waals surface area contributed by atoms with Gasteiger partial charge in [0.05, 0.1) is 11.7 Å². The van der Waals surface area contributed by atoms with Crippen LogP contribution in [0, 0.1) is 0 Å². The monoisotopic (exact) mass is 333 g/mol. The van der Waals surface area contributed by atoms with Crippen LogP contribution in [0.4, 0.5) is 0 Å². The highest BCUT2D eigenvalue weighted by molar-refractivity contribution is 9.10. The summed E-state index contributed by atoms with van der Waals surface area (Å²) < 4.78 is 0.991. The third-order valence-electron chi connectivity index (χ3n) is 2.98. The van der Waals surface area contributed by atoms with E-state index >= 15 is 0 Å². The Morgan fingerprint density at radius 1 is 1.40 bits per heavy atom. The van der Waals surface area contributed by atoms with Crippen LogP contribution in [0.2, 0.25) is 0 Å². The lowest BCUT2D eigenvalue weighted by Gasteiger charge is -2.15. The Labute approximate surface area is 126 Å². The standard InChI is InChI=1S/C15H16BrN3O/c1-10(11-3-2-4-13(16)7-11)19-15(20)12-5-6-18-14(8-12)9-17/h2-8,10H,9,17H2,1H3,(H,19,20). The summed E-state index contributed by atoms with van der Waals surface area (Å²) in [5, 5.41) is 2.96. The smallest absolute Gasteiger partial charge is 0.251 e. The summed E-state index contributed by atoms with van der Waals surface area (Å²) in [5.41, 5.74) is 7.84. The zero-order chi connectivity index (χ0) is 14.5. The minimum absolute atomic E-state index is 0.0745. The highest BCUT2D eigenvalue weighted by Crippen LogP contribution is 2.18. The van der Waals surface area contributed by atoms with Crippen LogP contribution in [0.1, 0.15) is 34.6 Å². The largest absolute Gasteiger partial charge is 0.346 e.